The lowest BCUT2D eigenvalue weighted by molar-refractivity contribution is 0.0518. The van der Waals surface area contributed by atoms with Gasteiger partial charge in [0.1, 0.15) is 11.3 Å². The van der Waals surface area contributed by atoms with Gasteiger partial charge in [0, 0.05) is 6.20 Å². The monoisotopic (exact) mass is 248 g/mol. The summed E-state index contributed by atoms with van der Waals surface area (Å²) >= 11 is 0. The van der Waals surface area contributed by atoms with Gasteiger partial charge in [0.2, 0.25) is 0 Å². The maximum Gasteiger partial charge on any atom is 0.358 e. The highest BCUT2D eigenvalue weighted by Gasteiger charge is 2.16. The Balaban J connectivity index is 2.51. The zero-order chi connectivity index (χ0) is 13.1. The van der Waals surface area contributed by atoms with E-state index in [1.54, 1.807) is 25.1 Å². The first kappa shape index (κ1) is 12.1. The van der Waals surface area contributed by atoms with Crippen LogP contribution in [0.4, 0.5) is 0 Å². The summed E-state index contributed by atoms with van der Waals surface area (Å²) in [4.78, 5) is 27.2. The topological polar surface area (TPSA) is 69.9 Å². The molecule has 2 aromatic heterocycles. The van der Waals surface area contributed by atoms with Crippen molar-refractivity contribution >= 4 is 17.6 Å². The zero-order valence-electron chi connectivity index (χ0n) is 10.0. The van der Waals surface area contributed by atoms with Crippen LogP contribution in [0.5, 0.6) is 0 Å². The Hall–Kier alpha value is -2.37. The van der Waals surface area contributed by atoms with E-state index in [0.29, 0.717) is 11.3 Å². The minimum Gasteiger partial charge on any atom is -0.464 e. The van der Waals surface area contributed by atoms with Crippen LogP contribution in [0.25, 0.3) is 5.65 Å². The second-order valence-corrected chi connectivity index (χ2v) is 3.48. The van der Waals surface area contributed by atoms with E-state index >= 15 is 0 Å². The number of imidazole rings is 1. The number of nitrogens with zero attached hydrogens (tertiary/aromatic N) is 2. The molecule has 0 amide bonds. The Morgan fingerprint density at radius 2 is 2.11 bits per heavy atom. The molecule has 18 heavy (non-hydrogen) atoms. The second-order valence-electron chi connectivity index (χ2n) is 3.48. The molecule has 0 spiro atoms. The van der Waals surface area contributed by atoms with Gasteiger partial charge in [0.25, 0.3) is 0 Å². The van der Waals surface area contributed by atoms with Crippen molar-refractivity contribution < 1.29 is 19.1 Å². The third-order valence-corrected chi connectivity index (χ3v) is 2.37. The molecule has 2 rings (SSSR count). The first-order valence-electron chi connectivity index (χ1n) is 5.41. The second kappa shape index (κ2) is 4.87. The molecular formula is C12H12N2O4. The SMILES string of the molecule is CCOC(=O)c1cn2c(C(=O)OC)cccc2n1. The fourth-order valence-corrected chi connectivity index (χ4v) is 1.59. The maximum atomic E-state index is 11.6. The van der Waals surface area contributed by atoms with Crippen molar-refractivity contribution in [3.8, 4) is 0 Å². The fourth-order valence-electron chi connectivity index (χ4n) is 1.59. The lowest BCUT2D eigenvalue weighted by Crippen LogP contribution is -2.07. The molecule has 0 aliphatic heterocycles. The molecule has 2 heterocycles. The summed E-state index contributed by atoms with van der Waals surface area (Å²) in [6, 6.07) is 4.95. The van der Waals surface area contributed by atoms with Crippen LogP contribution in [0.1, 0.15) is 27.9 Å². The summed E-state index contributed by atoms with van der Waals surface area (Å²) in [6.07, 6.45) is 1.46. The number of hydrogen-bond donors (Lipinski definition) is 0. The van der Waals surface area contributed by atoms with E-state index in [4.69, 9.17) is 4.74 Å². The Bertz CT molecular complexity index is 603. The molecule has 2 aromatic rings. The fraction of sp³-hybridized carbons (Fsp3) is 0.250. The van der Waals surface area contributed by atoms with Crippen LogP contribution < -0.4 is 0 Å². The van der Waals surface area contributed by atoms with Gasteiger partial charge in [-0.1, -0.05) is 6.07 Å². The summed E-state index contributed by atoms with van der Waals surface area (Å²) < 4.78 is 11.0. The van der Waals surface area contributed by atoms with E-state index in [2.05, 4.69) is 9.72 Å². The summed E-state index contributed by atoms with van der Waals surface area (Å²) in [6.45, 7) is 1.99. The van der Waals surface area contributed by atoms with E-state index in [-0.39, 0.29) is 12.3 Å². The van der Waals surface area contributed by atoms with Crippen molar-refractivity contribution in [3.05, 3.63) is 35.8 Å². The van der Waals surface area contributed by atoms with Crippen molar-refractivity contribution in [2.45, 2.75) is 6.92 Å². The van der Waals surface area contributed by atoms with Crippen molar-refractivity contribution in [1.82, 2.24) is 9.38 Å². The highest BCUT2D eigenvalue weighted by molar-refractivity contribution is 5.90. The number of fused-ring (bicyclic) bond motifs is 1. The average molecular weight is 248 g/mol. The van der Waals surface area contributed by atoms with E-state index in [0.717, 1.165) is 0 Å². The predicted octanol–water partition coefficient (Wildman–Crippen LogP) is 1.30. The lowest BCUT2D eigenvalue weighted by Gasteiger charge is -2.01. The molecule has 0 aliphatic carbocycles. The predicted molar refractivity (Wildman–Crippen MR) is 62.5 cm³/mol. The molecule has 0 aliphatic rings. The summed E-state index contributed by atoms with van der Waals surface area (Å²) in [5.41, 5.74) is 0.951. The zero-order valence-corrected chi connectivity index (χ0v) is 10.0. The van der Waals surface area contributed by atoms with E-state index in [9.17, 15) is 9.59 Å². The first-order valence-corrected chi connectivity index (χ1v) is 5.41. The number of hydrogen-bond acceptors (Lipinski definition) is 5. The Morgan fingerprint density at radius 3 is 2.78 bits per heavy atom. The van der Waals surface area contributed by atoms with Gasteiger partial charge in [-0.25, -0.2) is 14.6 Å². The molecular weight excluding hydrogens is 236 g/mol. The number of ether oxygens (including phenoxy) is 2. The molecule has 0 N–H and O–H groups in total. The van der Waals surface area contributed by atoms with Gasteiger partial charge in [0.15, 0.2) is 5.69 Å². The van der Waals surface area contributed by atoms with Gasteiger partial charge >= 0.3 is 11.9 Å². The summed E-state index contributed by atoms with van der Waals surface area (Å²) in [7, 11) is 1.30. The average Bonchev–Trinajstić information content (AvgIpc) is 2.81. The quantitative estimate of drug-likeness (QED) is 0.766. The number of methoxy groups -OCH3 is 1. The number of pyridine rings is 1. The van der Waals surface area contributed by atoms with Crippen molar-refractivity contribution in [2.24, 2.45) is 0 Å². The first-order chi connectivity index (χ1) is 8.67. The molecule has 6 heteroatoms. The minimum absolute atomic E-state index is 0.160. The Morgan fingerprint density at radius 1 is 1.33 bits per heavy atom. The normalized spacial score (nSPS) is 10.3. The third-order valence-electron chi connectivity index (χ3n) is 2.37. The number of carbonyl (C=O) groups is 2. The van der Waals surface area contributed by atoms with Crippen LogP contribution in [0.3, 0.4) is 0 Å². The molecule has 0 atom stereocenters. The van der Waals surface area contributed by atoms with E-state index < -0.39 is 11.9 Å². The van der Waals surface area contributed by atoms with Gasteiger partial charge in [-0.15, -0.1) is 0 Å². The van der Waals surface area contributed by atoms with Crippen LogP contribution in [-0.4, -0.2) is 35.0 Å². The Labute approximate surface area is 103 Å². The van der Waals surface area contributed by atoms with Gasteiger partial charge in [-0.05, 0) is 19.1 Å². The van der Waals surface area contributed by atoms with Gasteiger partial charge in [0.05, 0.1) is 13.7 Å². The van der Waals surface area contributed by atoms with Crippen molar-refractivity contribution in [3.63, 3.8) is 0 Å². The number of rotatable bonds is 3. The largest absolute Gasteiger partial charge is 0.464 e. The van der Waals surface area contributed by atoms with Crippen molar-refractivity contribution in [2.75, 3.05) is 13.7 Å². The minimum atomic E-state index is -0.517. The van der Waals surface area contributed by atoms with Crippen LogP contribution in [0.2, 0.25) is 0 Å². The molecule has 94 valence electrons. The molecule has 0 radical (unpaired) electrons. The summed E-state index contributed by atoms with van der Waals surface area (Å²) in [5, 5.41) is 0. The van der Waals surface area contributed by atoms with Crippen LogP contribution >= 0.6 is 0 Å². The van der Waals surface area contributed by atoms with Crippen LogP contribution in [-0.2, 0) is 9.47 Å². The number of esters is 2. The van der Waals surface area contributed by atoms with Crippen LogP contribution in [0, 0.1) is 0 Å². The molecule has 6 nitrogen and oxygen atoms in total. The smallest absolute Gasteiger partial charge is 0.358 e. The standard InChI is InChI=1S/C12H12N2O4/c1-3-18-11(15)8-7-14-9(12(16)17-2)5-4-6-10(14)13-8/h4-7H,3H2,1-2H3. The van der Waals surface area contributed by atoms with Crippen LogP contribution in [0.15, 0.2) is 24.4 Å². The molecule has 0 unspecified atom stereocenters. The van der Waals surface area contributed by atoms with Gasteiger partial charge in [-0.2, -0.15) is 0 Å². The van der Waals surface area contributed by atoms with Crippen molar-refractivity contribution in [1.29, 1.82) is 0 Å². The maximum absolute atomic E-state index is 11.6. The molecule has 0 saturated heterocycles. The van der Waals surface area contributed by atoms with E-state index in [1.807, 2.05) is 0 Å². The highest BCUT2D eigenvalue weighted by atomic mass is 16.5. The lowest BCUT2D eigenvalue weighted by atomic mass is 10.3. The Kier molecular flexibility index (Phi) is 3.27. The molecule has 0 aromatic carbocycles. The molecule has 0 bridgehead atoms. The number of aromatic nitrogens is 2. The van der Waals surface area contributed by atoms with Gasteiger partial charge < -0.3 is 9.47 Å². The van der Waals surface area contributed by atoms with Gasteiger partial charge in [-0.3, -0.25) is 4.40 Å². The highest BCUT2D eigenvalue weighted by Crippen LogP contribution is 2.11. The molecule has 0 saturated carbocycles. The summed E-state index contributed by atoms with van der Waals surface area (Å²) in [5.74, 6) is -1.01. The number of carbonyl (C=O) groups excluding carboxylic acids is 2. The van der Waals surface area contributed by atoms with E-state index in [1.165, 1.54) is 17.7 Å². The molecule has 0 fully saturated rings. The third kappa shape index (κ3) is 2.04.